The van der Waals surface area contributed by atoms with Crippen LogP contribution in [0.1, 0.15) is 6.42 Å². The van der Waals surface area contributed by atoms with Gasteiger partial charge in [-0.05, 0) is 5.90 Å². The van der Waals surface area contributed by atoms with Crippen molar-refractivity contribution >= 4 is 17.8 Å². The number of nitrogens with zero attached hydrogens (tertiary/aromatic N) is 1. The second kappa shape index (κ2) is 5.09. The van der Waals surface area contributed by atoms with Gasteiger partial charge in [-0.15, -0.1) is 0 Å². The number of carbonyl (C=O) groups excluding carboxylic acids is 1. The number of carbonyl (C=O) groups is 2. The van der Waals surface area contributed by atoms with Crippen LogP contribution >= 0.6 is 0 Å². The summed E-state index contributed by atoms with van der Waals surface area (Å²) in [7, 11) is 0. The van der Waals surface area contributed by atoms with E-state index in [0.717, 1.165) is 0 Å². The molecular weight excluding hydrogens is 180 g/mol. The Bertz CT molecular complexity index is 237. The van der Waals surface area contributed by atoms with Gasteiger partial charge < -0.3 is 25.8 Å². The van der Waals surface area contributed by atoms with Crippen molar-refractivity contribution in [1.82, 2.24) is 0 Å². The van der Waals surface area contributed by atoms with Gasteiger partial charge in [0.1, 0.15) is 0 Å². The van der Waals surface area contributed by atoms with E-state index in [9.17, 15) is 19.8 Å². The molecule has 0 aromatic heterocycles. The van der Waals surface area contributed by atoms with Crippen LogP contribution < -0.4 is 15.9 Å². The van der Waals surface area contributed by atoms with Gasteiger partial charge in [0.2, 0.25) is 0 Å². The summed E-state index contributed by atoms with van der Waals surface area (Å²) in [6.07, 6.45) is -0.832. The van der Waals surface area contributed by atoms with Crippen molar-refractivity contribution in [3.8, 4) is 0 Å². The normalized spacial score (nSPS) is 13.8. The maximum atomic E-state index is 10.5. The molecule has 13 heavy (non-hydrogen) atoms. The quantitative estimate of drug-likeness (QED) is 0.336. The van der Waals surface area contributed by atoms with Crippen LogP contribution in [0.25, 0.3) is 0 Å². The summed E-state index contributed by atoms with van der Waals surface area (Å²) in [5, 5.41) is 28.9. The first-order valence-corrected chi connectivity index (χ1v) is 3.33. The molecule has 0 rings (SSSR count). The Labute approximate surface area is 73.5 Å². The summed E-state index contributed by atoms with van der Waals surface area (Å²) < 4.78 is 0. The number of hydrogen-bond donors (Lipinski definition) is 2. The maximum Gasteiger partial charge on any atom is 0.328 e. The summed E-state index contributed by atoms with van der Waals surface area (Å²) in [4.78, 5) is 23.4. The van der Waals surface area contributed by atoms with Crippen molar-refractivity contribution in [3.05, 3.63) is 0 Å². The van der Waals surface area contributed by atoms with E-state index in [1.807, 2.05) is 0 Å². The number of rotatable bonds is 5. The molecule has 0 aliphatic carbocycles. The predicted molar refractivity (Wildman–Crippen MR) is 37.5 cm³/mol. The molecular formula is C6H8N2O5-2. The van der Waals surface area contributed by atoms with Crippen LogP contribution in [0.15, 0.2) is 4.99 Å². The van der Waals surface area contributed by atoms with Gasteiger partial charge in [0.05, 0.1) is 0 Å². The zero-order valence-electron chi connectivity index (χ0n) is 6.60. The van der Waals surface area contributed by atoms with Crippen molar-refractivity contribution < 1.29 is 24.9 Å². The number of nitrogens with two attached hydrogens (primary N) is 1. The molecule has 0 heterocycles. The van der Waals surface area contributed by atoms with Crippen molar-refractivity contribution in [3.63, 3.8) is 0 Å². The van der Waals surface area contributed by atoms with Gasteiger partial charge in [0, 0.05) is 18.9 Å². The van der Waals surface area contributed by atoms with E-state index in [2.05, 4.69) is 4.99 Å². The van der Waals surface area contributed by atoms with Crippen LogP contribution in [0.3, 0.4) is 0 Å². The lowest BCUT2D eigenvalue weighted by molar-refractivity contribution is -0.306. The van der Waals surface area contributed by atoms with Gasteiger partial charge in [-0.1, -0.05) is 0 Å². The second-order valence-corrected chi connectivity index (χ2v) is 2.16. The van der Waals surface area contributed by atoms with E-state index in [4.69, 9.17) is 10.8 Å². The van der Waals surface area contributed by atoms with E-state index in [0.29, 0.717) is 0 Å². The molecule has 0 saturated carbocycles. The molecule has 3 N–H and O–H groups in total. The van der Waals surface area contributed by atoms with Crippen LogP contribution in [0, 0.1) is 0 Å². The Hall–Kier alpha value is -1.63. The highest BCUT2D eigenvalue weighted by Gasteiger charge is 2.15. The molecule has 0 aromatic rings. The summed E-state index contributed by atoms with van der Waals surface area (Å²) in [5.74, 6) is -3.93. The van der Waals surface area contributed by atoms with Crippen molar-refractivity contribution in [2.24, 2.45) is 10.7 Å². The standard InChI is InChI=1S/C6H10N2O5/c7-2-4(9)8-3(6(12)13)1-5(10)11/h3H,1-2,7H2,(H,8,9)(H,10,11)(H,12,13)/p-2/t3-/m0/s1. The lowest BCUT2D eigenvalue weighted by Crippen LogP contribution is -2.35. The Balaban J connectivity index is 4.43. The van der Waals surface area contributed by atoms with E-state index < -0.39 is 36.8 Å². The molecule has 7 nitrogen and oxygen atoms in total. The molecule has 0 aliphatic heterocycles. The molecule has 0 amide bonds. The van der Waals surface area contributed by atoms with Gasteiger partial charge in [-0.25, -0.2) is 4.79 Å². The molecule has 1 atom stereocenters. The minimum atomic E-state index is -1.61. The molecule has 0 saturated heterocycles. The molecule has 0 aromatic carbocycles. The lowest BCUT2D eigenvalue weighted by atomic mass is 10.2. The number of hydrogen-bond acceptors (Lipinski definition) is 6. The lowest BCUT2D eigenvalue weighted by Gasteiger charge is -2.13. The van der Waals surface area contributed by atoms with Gasteiger partial charge in [0.25, 0.3) is 0 Å². The number of carboxylic acid groups (broad SMARTS) is 2. The smallest absolute Gasteiger partial charge is 0.328 e. The summed E-state index contributed by atoms with van der Waals surface area (Å²) in [6.45, 7) is -0.448. The first-order valence-electron chi connectivity index (χ1n) is 3.33. The minimum Gasteiger partial charge on any atom is -0.861 e. The minimum absolute atomic E-state index is 0.448. The number of carboxylic acids is 2. The molecule has 0 radical (unpaired) electrons. The van der Waals surface area contributed by atoms with Gasteiger partial charge in [0.15, 0.2) is 6.04 Å². The van der Waals surface area contributed by atoms with E-state index >= 15 is 0 Å². The van der Waals surface area contributed by atoms with Crippen LogP contribution in [0.4, 0.5) is 0 Å². The van der Waals surface area contributed by atoms with Crippen molar-refractivity contribution in [2.45, 2.75) is 12.5 Å². The molecule has 0 aliphatic rings. The van der Waals surface area contributed by atoms with Crippen LogP contribution in [0.5, 0.6) is 0 Å². The topological polar surface area (TPSA) is 139 Å². The first-order chi connectivity index (χ1) is 5.97. The Morgan fingerprint density at radius 2 is 2.00 bits per heavy atom. The van der Waals surface area contributed by atoms with Gasteiger partial charge in [-0.2, -0.15) is 0 Å². The SMILES string of the molecule is NCC([O-])=N[C@@H](CC(=O)[O-])C(=O)O. The monoisotopic (exact) mass is 188 g/mol. The molecule has 0 bridgehead atoms. The summed E-state index contributed by atoms with van der Waals surface area (Å²) in [5.41, 5.74) is 4.85. The summed E-state index contributed by atoms with van der Waals surface area (Å²) >= 11 is 0. The molecule has 74 valence electrons. The second-order valence-electron chi connectivity index (χ2n) is 2.16. The van der Waals surface area contributed by atoms with Crippen LogP contribution in [-0.4, -0.2) is 35.5 Å². The fraction of sp³-hybridized carbons (Fsp3) is 0.500. The van der Waals surface area contributed by atoms with Crippen LogP contribution in [0.2, 0.25) is 0 Å². The Morgan fingerprint density at radius 3 is 2.31 bits per heavy atom. The van der Waals surface area contributed by atoms with Crippen LogP contribution in [-0.2, 0) is 9.59 Å². The largest absolute Gasteiger partial charge is 0.861 e. The highest BCUT2D eigenvalue weighted by Crippen LogP contribution is 1.97. The zero-order valence-corrected chi connectivity index (χ0v) is 6.60. The average molecular weight is 188 g/mol. The Kier molecular flexibility index (Phi) is 4.45. The number of aliphatic carboxylic acids is 2. The van der Waals surface area contributed by atoms with Crippen molar-refractivity contribution in [1.29, 1.82) is 0 Å². The van der Waals surface area contributed by atoms with Gasteiger partial charge in [-0.3, -0.25) is 4.99 Å². The Morgan fingerprint density at radius 1 is 1.46 bits per heavy atom. The highest BCUT2D eigenvalue weighted by molar-refractivity contribution is 5.83. The summed E-state index contributed by atoms with van der Waals surface area (Å²) in [6, 6.07) is -1.61. The van der Waals surface area contributed by atoms with E-state index in [1.165, 1.54) is 0 Å². The third kappa shape index (κ3) is 4.75. The van der Waals surface area contributed by atoms with Crippen molar-refractivity contribution in [2.75, 3.05) is 6.54 Å². The highest BCUT2D eigenvalue weighted by atomic mass is 16.4. The molecule has 0 fully saturated rings. The third-order valence-electron chi connectivity index (χ3n) is 1.12. The number of aliphatic imine (C=N–C) groups is 1. The third-order valence-corrected chi connectivity index (χ3v) is 1.12. The first kappa shape index (κ1) is 11.4. The zero-order chi connectivity index (χ0) is 10.4. The van der Waals surface area contributed by atoms with E-state index in [1.54, 1.807) is 0 Å². The van der Waals surface area contributed by atoms with E-state index in [-0.39, 0.29) is 0 Å². The fourth-order valence-corrected chi connectivity index (χ4v) is 0.573. The molecule has 0 unspecified atom stereocenters. The molecule has 0 spiro atoms. The van der Waals surface area contributed by atoms with Gasteiger partial charge >= 0.3 is 5.97 Å². The molecule has 7 heteroatoms. The fourth-order valence-electron chi connectivity index (χ4n) is 0.573. The maximum absolute atomic E-state index is 10.5. The predicted octanol–water partition coefficient (Wildman–Crippen LogP) is -3.70. The average Bonchev–Trinajstić information content (AvgIpc) is 2.02.